The number of aliphatic carboxylic acids is 2. The number of hydrogen-bond acceptors (Lipinski definition) is 10. The molecule has 1 aromatic heterocycles. The van der Waals surface area contributed by atoms with Gasteiger partial charge >= 0.3 is 11.9 Å². The molecule has 11 nitrogen and oxygen atoms in total. The molecule has 1 aliphatic rings. The number of carboxylic acid groups (broad SMARTS) is 2. The monoisotopic (exact) mass is 401 g/mol. The van der Waals surface area contributed by atoms with Crippen molar-refractivity contribution >= 4 is 51.8 Å². The number of amides is 1. The van der Waals surface area contributed by atoms with E-state index in [-0.39, 0.29) is 28.0 Å². The molecule has 0 fully saturated rings. The lowest BCUT2D eigenvalue weighted by Crippen LogP contribution is -2.55. The fourth-order valence-electron chi connectivity index (χ4n) is 1.99. The number of carboxylic acids is 2. The van der Waals surface area contributed by atoms with E-state index in [1.54, 1.807) is 0 Å². The van der Waals surface area contributed by atoms with Gasteiger partial charge in [0.05, 0.1) is 0 Å². The summed E-state index contributed by atoms with van der Waals surface area (Å²) in [5, 5.41) is 27.7. The van der Waals surface area contributed by atoms with E-state index < -0.39 is 29.3 Å². The summed E-state index contributed by atoms with van der Waals surface area (Å²) < 4.78 is 0. The van der Waals surface area contributed by atoms with E-state index in [0.717, 1.165) is 23.1 Å². The number of thioether (sulfide) groups is 1. The van der Waals surface area contributed by atoms with Gasteiger partial charge in [-0.1, -0.05) is 5.16 Å². The highest BCUT2D eigenvalue weighted by molar-refractivity contribution is 8.00. The Labute approximate surface area is 155 Å². The van der Waals surface area contributed by atoms with E-state index in [0.29, 0.717) is 0 Å². The fourth-order valence-corrected chi connectivity index (χ4v) is 3.59. The van der Waals surface area contributed by atoms with Gasteiger partial charge in [-0.15, -0.1) is 23.1 Å². The molecule has 1 aromatic rings. The Balaban J connectivity index is 2.19. The standard InChI is InChI=1S/C13H15N5O6S2/c1-24-18-7(6-4-26-13(14)16-6)9(19)17-8(12(22)23)10-15-5(11(20)21)2-3-25-10/h2,4,8,10,15H,3H2,1H3,(H2,14,16)(H,17,19)(H,20,21)(H,22,23)/b18-7-/t8-,10+/m0/s1. The summed E-state index contributed by atoms with van der Waals surface area (Å²) >= 11 is 2.21. The number of nitrogens with one attached hydrogen (secondary N) is 2. The Bertz CT molecular complexity index is 777. The van der Waals surface area contributed by atoms with Crippen molar-refractivity contribution in [2.45, 2.75) is 11.4 Å². The van der Waals surface area contributed by atoms with E-state index in [2.05, 4.69) is 25.6 Å². The number of nitrogens with two attached hydrogens (primary N) is 1. The first-order valence-electron chi connectivity index (χ1n) is 7.01. The van der Waals surface area contributed by atoms with Crippen molar-refractivity contribution in [3.63, 3.8) is 0 Å². The van der Waals surface area contributed by atoms with Gasteiger partial charge in [-0.25, -0.2) is 14.6 Å². The van der Waals surface area contributed by atoms with Crippen molar-refractivity contribution < 1.29 is 29.4 Å². The van der Waals surface area contributed by atoms with Crippen LogP contribution in [0.25, 0.3) is 0 Å². The Morgan fingerprint density at radius 3 is 2.77 bits per heavy atom. The zero-order valence-electron chi connectivity index (χ0n) is 13.3. The number of carbonyl (C=O) groups is 3. The maximum absolute atomic E-state index is 12.5. The molecular weight excluding hydrogens is 386 g/mol. The summed E-state index contributed by atoms with van der Waals surface area (Å²) in [6.45, 7) is 0. The largest absolute Gasteiger partial charge is 0.480 e. The van der Waals surface area contributed by atoms with Crippen molar-refractivity contribution in [3.05, 3.63) is 22.8 Å². The second kappa shape index (κ2) is 8.53. The molecule has 140 valence electrons. The van der Waals surface area contributed by atoms with Crippen LogP contribution in [0.5, 0.6) is 0 Å². The number of anilines is 1. The second-order valence-corrected chi connectivity index (χ2v) is 6.87. The molecule has 2 atom stereocenters. The summed E-state index contributed by atoms with van der Waals surface area (Å²) in [5.41, 5.74) is 5.28. The molecule has 0 saturated heterocycles. The summed E-state index contributed by atoms with van der Waals surface area (Å²) in [7, 11) is 1.22. The van der Waals surface area contributed by atoms with Crippen molar-refractivity contribution in [1.82, 2.24) is 15.6 Å². The minimum atomic E-state index is -1.42. The smallest absolute Gasteiger partial charge is 0.351 e. The van der Waals surface area contributed by atoms with Crippen LogP contribution in [-0.2, 0) is 19.2 Å². The van der Waals surface area contributed by atoms with Crippen molar-refractivity contribution in [1.29, 1.82) is 0 Å². The Hall–Kier alpha value is -2.80. The van der Waals surface area contributed by atoms with E-state index in [1.807, 2.05) is 0 Å². The molecule has 1 amide bonds. The molecule has 0 bridgehead atoms. The van der Waals surface area contributed by atoms with Crippen molar-refractivity contribution in [3.8, 4) is 0 Å². The van der Waals surface area contributed by atoms with Gasteiger partial charge in [0, 0.05) is 11.1 Å². The Kier molecular flexibility index (Phi) is 6.41. The minimum absolute atomic E-state index is 0.131. The van der Waals surface area contributed by atoms with Gasteiger partial charge in [-0.3, -0.25) is 4.79 Å². The lowest BCUT2D eigenvalue weighted by molar-refractivity contribution is -0.141. The zero-order valence-corrected chi connectivity index (χ0v) is 15.0. The number of thiazole rings is 1. The fraction of sp³-hybridized carbons (Fsp3) is 0.308. The molecule has 0 radical (unpaired) electrons. The van der Waals surface area contributed by atoms with Crippen LogP contribution in [0.15, 0.2) is 22.3 Å². The molecule has 0 saturated carbocycles. The third-order valence-corrected chi connectivity index (χ3v) is 4.89. The van der Waals surface area contributed by atoms with Gasteiger partial charge in [-0.05, 0) is 6.08 Å². The predicted molar refractivity (Wildman–Crippen MR) is 94.7 cm³/mol. The number of carbonyl (C=O) groups excluding carboxylic acids is 1. The average Bonchev–Trinajstić information content (AvgIpc) is 3.03. The van der Waals surface area contributed by atoms with E-state index in [4.69, 9.17) is 10.8 Å². The molecule has 13 heteroatoms. The molecule has 1 aliphatic heterocycles. The highest BCUT2D eigenvalue weighted by Gasteiger charge is 2.34. The number of nitrogen functional groups attached to an aromatic ring is 1. The van der Waals surface area contributed by atoms with Crippen LogP contribution in [0.3, 0.4) is 0 Å². The normalized spacial score (nSPS) is 18.3. The van der Waals surface area contributed by atoms with E-state index >= 15 is 0 Å². The van der Waals surface area contributed by atoms with Crippen molar-refractivity contribution in [2.24, 2.45) is 5.16 Å². The topological polar surface area (TPSA) is 176 Å². The van der Waals surface area contributed by atoms with Crippen LogP contribution in [0.1, 0.15) is 5.69 Å². The minimum Gasteiger partial charge on any atom is -0.480 e. The number of nitrogens with zero attached hydrogens (tertiary/aromatic N) is 2. The van der Waals surface area contributed by atoms with E-state index in [9.17, 15) is 19.5 Å². The number of rotatable bonds is 7. The maximum Gasteiger partial charge on any atom is 0.351 e. The molecular formula is C13H15N5O6S2. The molecule has 2 rings (SSSR count). The third-order valence-electron chi connectivity index (χ3n) is 3.11. The van der Waals surface area contributed by atoms with Crippen LogP contribution in [-0.4, -0.2) is 63.0 Å². The molecule has 26 heavy (non-hydrogen) atoms. The lowest BCUT2D eigenvalue weighted by Gasteiger charge is -2.28. The molecule has 0 spiro atoms. The molecule has 0 aliphatic carbocycles. The van der Waals surface area contributed by atoms with Crippen LogP contribution in [0.2, 0.25) is 0 Å². The molecule has 6 N–H and O–H groups in total. The van der Waals surface area contributed by atoms with Gasteiger partial charge < -0.3 is 31.4 Å². The first kappa shape index (κ1) is 19.5. The Morgan fingerprint density at radius 2 is 2.23 bits per heavy atom. The SMILES string of the molecule is CO/N=C(\C(=O)N[C@H](C(=O)O)[C@@H]1NC(C(=O)O)=CCS1)c1csc(N)n1. The summed E-state index contributed by atoms with van der Waals surface area (Å²) in [6, 6.07) is -1.42. The zero-order chi connectivity index (χ0) is 19.3. The van der Waals surface area contributed by atoms with Crippen LogP contribution >= 0.6 is 23.1 Å². The first-order valence-corrected chi connectivity index (χ1v) is 8.94. The lowest BCUT2D eigenvalue weighted by atomic mass is 10.2. The second-order valence-electron chi connectivity index (χ2n) is 4.80. The van der Waals surface area contributed by atoms with Crippen molar-refractivity contribution in [2.75, 3.05) is 18.6 Å². The summed E-state index contributed by atoms with van der Waals surface area (Å²) in [4.78, 5) is 43.7. The highest BCUT2D eigenvalue weighted by atomic mass is 32.2. The highest BCUT2D eigenvalue weighted by Crippen LogP contribution is 2.20. The van der Waals surface area contributed by atoms with Crippen LogP contribution < -0.4 is 16.4 Å². The number of oxime groups is 1. The van der Waals surface area contributed by atoms with Gasteiger partial charge in [0.2, 0.25) is 0 Å². The third kappa shape index (κ3) is 4.64. The quantitative estimate of drug-likeness (QED) is 0.289. The molecule has 0 aromatic carbocycles. The first-order chi connectivity index (χ1) is 12.3. The molecule has 0 unspecified atom stereocenters. The van der Waals surface area contributed by atoms with Gasteiger partial charge in [0.1, 0.15) is 23.9 Å². The maximum atomic E-state index is 12.5. The summed E-state index contributed by atoms with van der Waals surface area (Å²) in [5.74, 6) is -3.13. The van der Waals surface area contributed by atoms with Crippen LogP contribution in [0, 0.1) is 0 Å². The number of hydrogen-bond donors (Lipinski definition) is 5. The predicted octanol–water partition coefficient (Wildman–Crippen LogP) is -0.724. The van der Waals surface area contributed by atoms with Crippen LogP contribution in [0.4, 0.5) is 5.13 Å². The van der Waals surface area contributed by atoms with Gasteiger partial charge in [0.25, 0.3) is 5.91 Å². The molecule has 2 heterocycles. The van der Waals surface area contributed by atoms with Gasteiger partial charge in [0.15, 0.2) is 16.9 Å². The van der Waals surface area contributed by atoms with Gasteiger partial charge in [-0.2, -0.15) is 0 Å². The van der Waals surface area contributed by atoms with E-state index in [1.165, 1.54) is 18.6 Å². The summed E-state index contributed by atoms with van der Waals surface area (Å²) in [6.07, 6.45) is 1.42. The number of aromatic nitrogens is 1. The Morgan fingerprint density at radius 1 is 1.50 bits per heavy atom. The average molecular weight is 401 g/mol.